The molecule has 0 radical (unpaired) electrons. The molecule has 0 fully saturated rings. The van der Waals surface area contributed by atoms with Crippen molar-refractivity contribution < 1.29 is 0 Å². The van der Waals surface area contributed by atoms with Gasteiger partial charge in [-0.3, -0.25) is 0 Å². The van der Waals surface area contributed by atoms with Crippen LogP contribution in [0, 0.1) is 0 Å². The summed E-state index contributed by atoms with van der Waals surface area (Å²) in [5, 5.41) is 0. The quantitative estimate of drug-likeness (QED) is 0.0534. The molecule has 0 aliphatic heterocycles. The molecule has 0 bridgehead atoms. The number of allylic oxidation sites excluding steroid dienone is 88. The van der Waals surface area contributed by atoms with Crippen LogP contribution in [-0.2, 0) is 0 Å². The molecule has 0 amide bonds. The van der Waals surface area contributed by atoms with Crippen LogP contribution in [-0.4, -0.2) is 0 Å². The van der Waals surface area contributed by atoms with E-state index in [2.05, 4.69) is 0 Å². The van der Waals surface area contributed by atoms with Gasteiger partial charge in [-0.25, -0.2) is 0 Å². The minimum absolute atomic E-state index is 2.00. The Morgan fingerprint density at radius 3 is 0.122 bits per heavy atom. The summed E-state index contributed by atoms with van der Waals surface area (Å²) >= 11 is 0. The lowest BCUT2D eigenvalue weighted by Gasteiger charge is -1.77. The summed E-state index contributed by atoms with van der Waals surface area (Å²) in [4.78, 5) is 0. The molecule has 0 nitrogen and oxygen atoms in total. The van der Waals surface area contributed by atoms with Crippen molar-refractivity contribution in [2.45, 2.75) is 13.8 Å². The van der Waals surface area contributed by atoms with E-state index in [0.29, 0.717) is 0 Å². The highest BCUT2D eigenvalue weighted by Crippen LogP contribution is 1.94. The van der Waals surface area contributed by atoms with Crippen molar-refractivity contribution in [2.24, 2.45) is 0 Å². The summed E-state index contributed by atoms with van der Waals surface area (Å²) in [6, 6.07) is 0. The lowest BCUT2D eigenvalue weighted by atomic mass is 10.3. The first kappa shape index (κ1) is 78.6. The third-order valence-corrected chi connectivity index (χ3v) is 9.83. The Kier molecular flexibility index (Phi) is 67.7. The van der Waals surface area contributed by atoms with Gasteiger partial charge in [-0.15, -0.1) is 0 Å². The summed E-state index contributed by atoms with van der Waals surface area (Å²) in [7, 11) is 0. The van der Waals surface area contributed by atoms with Gasteiger partial charge >= 0.3 is 0 Å². The van der Waals surface area contributed by atoms with E-state index in [1.54, 1.807) is 0 Å². The SMILES string of the molecule is CC=CC=CC=CC=CC=CC=CC=CC=CC=CC=CC=CC=CC=CC=CC=CC=CC=CC=CC=CC=CC=CC=CC=CC=CC=CC=CC=CC=CC=CC=CC=CC=CC=CC=CC=CC=CC=CC=CC=CC=CC=CC=CC=CC=CC. The Bertz CT molecular complexity index is 3030. The van der Waals surface area contributed by atoms with Crippen LogP contribution in [0.25, 0.3) is 0 Å². The summed E-state index contributed by atoms with van der Waals surface area (Å²) in [6.45, 7) is 4.00. The molecule has 0 aromatic carbocycles. The monoisotopic (exact) mass is 1170 g/mol. The maximum Gasteiger partial charge on any atom is -0.0467 e. The Balaban J connectivity index is 4.11. The standard InChI is InChI=1S/C90H94/c1-3-5-7-9-11-13-15-17-19-21-23-25-27-29-31-33-35-37-39-41-43-45-47-49-51-53-55-57-59-61-63-65-67-69-71-73-75-77-79-81-83-85-87-89-90-88-86-84-82-80-78-76-74-72-70-68-66-64-62-60-58-56-54-52-50-48-46-44-42-40-38-36-34-32-30-28-26-24-22-20-18-16-14-12-10-8-6-4-2/h3-90H,1-2H3. The number of hydrogen-bond acceptors (Lipinski definition) is 0. The van der Waals surface area contributed by atoms with E-state index < -0.39 is 0 Å². The van der Waals surface area contributed by atoms with Gasteiger partial charge in [-0.2, -0.15) is 0 Å². The molecular formula is C90H94. The molecule has 0 rings (SSSR count). The largest absolute Gasteiger partial charge is 0.0877 e. The van der Waals surface area contributed by atoms with Crippen molar-refractivity contribution in [1.29, 1.82) is 0 Å². The zero-order valence-corrected chi connectivity index (χ0v) is 52.8. The lowest BCUT2D eigenvalue weighted by molar-refractivity contribution is 1.73. The second kappa shape index (κ2) is 77.6. The zero-order valence-electron chi connectivity index (χ0n) is 52.8. The van der Waals surface area contributed by atoms with Gasteiger partial charge in [-0.05, 0) is 13.8 Å². The molecule has 454 valence electrons. The van der Waals surface area contributed by atoms with Crippen LogP contribution in [0.5, 0.6) is 0 Å². The molecule has 0 aliphatic rings. The van der Waals surface area contributed by atoms with Crippen molar-refractivity contribution >= 4 is 0 Å². The molecule has 0 aromatic heterocycles. The van der Waals surface area contributed by atoms with Crippen molar-refractivity contribution in [2.75, 3.05) is 0 Å². The summed E-state index contributed by atoms with van der Waals surface area (Å²) in [5.74, 6) is 0. The van der Waals surface area contributed by atoms with Crippen LogP contribution < -0.4 is 0 Å². The average Bonchev–Trinajstić information content (AvgIpc) is 3.55. The predicted molar refractivity (Wildman–Crippen MR) is 414 cm³/mol. The van der Waals surface area contributed by atoms with Crippen LogP contribution in [0.4, 0.5) is 0 Å². The maximum absolute atomic E-state index is 2.00. The molecular weight excluding hydrogens is 1080 g/mol. The molecule has 0 N–H and O–H groups in total. The molecule has 0 aromatic rings. The summed E-state index contributed by atoms with van der Waals surface area (Å²) in [5.41, 5.74) is 0. The fourth-order valence-corrected chi connectivity index (χ4v) is 5.61. The summed E-state index contributed by atoms with van der Waals surface area (Å²) in [6.07, 6.45) is 176. The third-order valence-electron chi connectivity index (χ3n) is 9.83. The van der Waals surface area contributed by atoms with Crippen LogP contribution in [0.2, 0.25) is 0 Å². The van der Waals surface area contributed by atoms with Crippen LogP contribution in [0.1, 0.15) is 13.8 Å². The molecule has 0 aliphatic carbocycles. The van der Waals surface area contributed by atoms with Gasteiger partial charge in [0.2, 0.25) is 0 Å². The molecule has 0 spiro atoms. The van der Waals surface area contributed by atoms with Gasteiger partial charge in [0.25, 0.3) is 0 Å². The second-order valence-electron chi connectivity index (χ2n) is 17.2. The Labute approximate surface area is 545 Å². The topological polar surface area (TPSA) is 0 Å². The Hall–Kier alpha value is -11.4. The van der Waals surface area contributed by atoms with Gasteiger partial charge in [0.05, 0.1) is 0 Å². The molecule has 0 saturated heterocycles. The Morgan fingerprint density at radius 2 is 0.0889 bits per heavy atom. The predicted octanol–water partition coefficient (Wildman–Crippen LogP) is 25.5. The van der Waals surface area contributed by atoms with Crippen molar-refractivity contribution in [1.82, 2.24) is 0 Å². The number of rotatable bonds is 43. The first-order valence-corrected chi connectivity index (χ1v) is 30.2. The van der Waals surface area contributed by atoms with Crippen LogP contribution in [0.15, 0.2) is 535 Å². The fourth-order valence-electron chi connectivity index (χ4n) is 5.61. The minimum Gasteiger partial charge on any atom is -0.0877 e. The van der Waals surface area contributed by atoms with Crippen LogP contribution in [0.3, 0.4) is 0 Å². The summed E-state index contributed by atoms with van der Waals surface area (Å²) < 4.78 is 0. The maximum atomic E-state index is 2.00. The van der Waals surface area contributed by atoms with Gasteiger partial charge in [-0.1, -0.05) is 535 Å². The highest BCUT2D eigenvalue weighted by molar-refractivity contribution is 5.30. The molecule has 0 saturated carbocycles. The number of hydrogen-bond donors (Lipinski definition) is 0. The van der Waals surface area contributed by atoms with Gasteiger partial charge < -0.3 is 0 Å². The first-order chi connectivity index (χ1) is 44.9. The van der Waals surface area contributed by atoms with E-state index in [9.17, 15) is 0 Å². The Morgan fingerprint density at radius 1 is 0.0556 bits per heavy atom. The van der Waals surface area contributed by atoms with Gasteiger partial charge in [0.1, 0.15) is 0 Å². The first-order valence-electron chi connectivity index (χ1n) is 30.2. The second-order valence-corrected chi connectivity index (χ2v) is 17.2. The van der Waals surface area contributed by atoms with E-state index in [1.165, 1.54) is 0 Å². The smallest absolute Gasteiger partial charge is 0.0467 e. The molecule has 0 heterocycles. The highest BCUT2D eigenvalue weighted by Gasteiger charge is 1.73. The lowest BCUT2D eigenvalue weighted by Crippen LogP contribution is -1.55. The third kappa shape index (κ3) is 76.6. The van der Waals surface area contributed by atoms with E-state index >= 15 is 0 Å². The van der Waals surface area contributed by atoms with Crippen molar-refractivity contribution in [3.05, 3.63) is 535 Å². The average molecular weight is 1180 g/mol. The van der Waals surface area contributed by atoms with E-state index in [0.717, 1.165) is 0 Å². The van der Waals surface area contributed by atoms with Gasteiger partial charge in [0, 0.05) is 0 Å². The fraction of sp³-hybridized carbons (Fsp3) is 0.0222. The normalized spacial score (nSPS) is 15.7. The zero-order chi connectivity index (χ0) is 64.2. The van der Waals surface area contributed by atoms with Crippen molar-refractivity contribution in [3.63, 3.8) is 0 Å². The van der Waals surface area contributed by atoms with Gasteiger partial charge in [0.15, 0.2) is 0 Å². The molecule has 0 heteroatoms. The molecule has 0 unspecified atom stereocenters. The highest BCUT2D eigenvalue weighted by atomic mass is 13.8. The van der Waals surface area contributed by atoms with Crippen LogP contribution >= 0.6 is 0 Å². The molecule has 90 heavy (non-hydrogen) atoms. The molecule has 0 atom stereocenters. The van der Waals surface area contributed by atoms with E-state index in [1.807, 2.05) is 549 Å². The van der Waals surface area contributed by atoms with Crippen molar-refractivity contribution in [3.8, 4) is 0 Å². The minimum atomic E-state index is 2.00. The van der Waals surface area contributed by atoms with E-state index in [4.69, 9.17) is 0 Å². The van der Waals surface area contributed by atoms with E-state index in [-0.39, 0.29) is 0 Å².